The van der Waals surface area contributed by atoms with Crippen molar-refractivity contribution in [2.45, 2.75) is 13.5 Å². The minimum absolute atomic E-state index is 0.512. The lowest BCUT2D eigenvalue weighted by atomic mass is 10.3. The Hall–Kier alpha value is -2.54. The van der Waals surface area contributed by atoms with E-state index in [2.05, 4.69) is 37.8 Å². The molecule has 4 heterocycles. The zero-order chi connectivity index (χ0) is 14.2. The Kier molecular flexibility index (Phi) is 2.78. The van der Waals surface area contributed by atoms with Crippen molar-refractivity contribution in [1.82, 2.24) is 29.6 Å². The quantitative estimate of drug-likeness (QED) is 0.582. The van der Waals surface area contributed by atoms with Gasteiger partial charge in [-0.2, -0.15) is 16.1 Å². The first kappa shape index (κ1) is 12.2. The number of aryl methyl sites for hydroxylation is 1. The monoisotopic (exact) mass is 296 g/mol. The molecule has 0 saturated heterocycles. The van der Waals surface area contributed by atoms with Gasteiger partial charge in [0.2, 0.25) is 5.82 Å². The van der Waals surface area contributed by atoms with Gasteiger partial charge >= 0.3 is 0 Å². The number of pyridine rings is 1. The highest BCUT2D eigenvalue weighted by Crippen LogP contribution is 2.17. The molecular formula is C14H12N6S. The molecule has 0 aliphatic rings. The highest BCUT2D eigenvalue weighted by Gasteiger charge is 2.09. The summed E-state index contributed by atoms with van der Waals surface area (Å²) < 4.78 is 2.06. The average molecular weight is 296 g/mol. The molecule has 0 aliphatic heterocycles. The summed E-state index contributed by atoms with van der Waals surface area (Å²) in [7, 11) is 0. The number of nitrogens with zero attached hydrogens (tertiary/aromatic N) is 6. The van der Waals surface area contributed by atoms with Crippen molar-refractivity contribution in [2.24, 2.45) is 0 Å². The summed E-state index contributed by atoms with van der Waals surface area (Å²) in [6.07, 6.45) is 2.01. The van der Waals surface area contributed by atoms with Crippen LogP contribution in [0.5, 0.6) is 0 Å². The zero-order valence-corrected chi connectivity index (χ0v) is 12.2. The molecule has 0 bridgehead atoms. The number of thiophene rings is 1. The molecule has 104 valence electrons. The van der Waals surface area contributed by atoms with E-state index in [4.69, 9.17) is 0 Å². The predicted molar refractivity (Wildman–Crippen MR) is 80.2 cm³/mol. The predicted octanol–water partition coefficient (Wildman–Crippen LogP) is 2.41. The second-order valence-corrected chi connectivity index (χ2v) is 5.56. The molecule has 0 N–H and O–H groups in total. The highest BCUT2D eigenvalue weighted by atomic mass is 32.1. The van der Waals surface area contributed by atoms with Crippen LogP contribution in [0.2, 0.25) is 0 Å². The van der Waals surface area contributed by atoms with Crippen LogP contribution < -0.4 is 0 Å². The van der Waals surface area contributed by atoms with Crippen molar-refractivity contribution in [3.05, 3.63) is 52.6 Å². The zero-order valence-electron chi connectivity index (χ0n) is 11.3. The van der Waals surface area contributed by atoms with E-state index in [0.29, 0.717) is 12.4 Å². The Balaban J connectivity index is 1.64. The Morgan fingerprint density at radius 1 is 1.24 bits per heavy atom. The van der Waals surface area contributed by atoms with Crippen LogP contribution in [-0.4, -0.2) is 29.6 Å². The Morgan fingerprint density at radius 3 is 3.00 bits per heavy atom. The molecule has 0 unspecified atom stereocenters. The third-order valence-electron chi connectivity index (χ3n) is 3.28. The number of tetrazole rings is 1. The number of rotatable bonds is 3. The van der Waals surface area contributed by atoms with Gasteiger partial charge in [-0.05, 0) is 35.7 Å². The minimum Gasteiger partial charge on any atom is -0.304 e. The molecule has 0 spiro atoms. The maximum absolute atomic E-state index is 4.58. The largest absolute Gasteiger partial charge is 0.304 e. The van der Waals surface area contributed by atoms with E-state index in [0.717, 1.165) is 22.6 Å². The van der Waals surface area contributed by atoms with Gasteiger partial charge in [-0.3, -0.25) is 0 Å². The number of imidazole rings is 1. The Morgan fingerprint density at radius 2 is 2.19 bits per heavy atom. The van der Waals surface area contributed by atoms with E-state index in [9.17, 15) is 0 Å². The standard InChI is InChI=1S/C14H12N6S/c1-10-3-2-4-13-15-12(7-19(10)13)8-20-17-14(16-18-20)11-5-6-21-9-11/h2-7,9H,8H2,1H3. The van der Waals surface area contributed by atoms with E-state index in [1.807, 2.05) is 35.2 Å². The lowest BCUT2D eigenvalue weighted by molar-refractivity contribution is 0.566. The third-order valence-corrected chi connectivity index (χ3v) is 3.96. The lowest BCUT2D eigenvalue weighted by Crippen LogP contribution is -2.04. The number of aromatic nitrogens is 6. The molecule has 0 saturated carbocycles. The van der Waals surface area contributed by atoms with Crippen molar-refractivity contribution in [2.75, 3.05) is 0 Å². The summed E-state index contributed by atoms with van der Waals surface area (Å²) in [6, 6.07) is 8.03. The van der Waals surface area contributed by atoms with E-state index in [1.165, 1.54) is 0 Å². The molecule has 4 aromatic heterocycles. The first-order chi connectivity index (χ1) is 10.3. The van der Waals surface area contributed by atoms with Crippen LogP contribution in [0.3, 0.4) is 0 Å². The minimum atomic E-state index is 0.512. The average Bonchev–Trinajstić information content (AvgIpc) is 3.18. The summed E-state index contributed by atoms with van der Waals surface area (Å²) in [5.74, 6) is 0.649. The fourth-order valence-corrected chi connectivity index (χ4v) is 2.87. The first-order valence-corrected chi connectivity index (χ1v) is 7.48. The molecule has 7 heteroatoms. The number of fused-ring (bicyclic) bond motifs is 1. The van der Waals surface area contributed by atoms with Crippen LogP contribution in [0.15, 0.2) is 41.2 Å². The van der Waals surface area contributed by atoms with Gasteiger partial charge in [0.15, 0.2) is 0 Å². The fraction of sp³-hybridized carbons (Fsp3) is 0.143. The summed E-state index contributed by atoms with van der Waals surface area (Å²) in [5, 5.41) is 16.6. The van der Waals surface area contributed by atoms with Gasteiger partial charge in [-0.1, -0.05) is 6.07 Å². The van der Waals surface area contributed by atoms with Gasteiger partial charge in [-0.25, -0.2) is 4.98 Å². The van der Waals surface area contributed by atoms with Crippen LogP contribution in [-0.2, 0) is 6.54 Å². The Bertz CT molecular complexity index is 889. The molecule has 0 aliphatic carbocycles. The molecule has 6 nitrogen and oxygen atoms in total. The summed E-state index contributed by atoms with van der Waals surface area (Å²) >= 11 is 1.62. The smallest absolute Gasteiger partial charge is 0.205 e. The summed E-state index contributed by atoms with van der Waals surface area (Å²) in [5.41, 5.74) is 4.00. The molecule has 0 fully saturated rings. The maximum atomic E-state index is 4.58. The molecule has 0 amide bonds. The molecule has 0 atom stereocenters. The van der Waals surface area contributed by atoms with Crippen molar-refractivity contribution >= 4 is 17.0 Å². The maximum Gasteiger partial charge on any atom is 0.205 e. The van der Waals surface area contributed by atoms with Crippen molar-refractivity contribution in [1.29, 1.82) is 0 Å². The van der Waals surface area contributed by atoms with Crippen LogP contribution in [0.1, 0.15) is 11.4 Å². The molecule has 21 heavy (non-hydrogen) atoms. The first-order valence-electron chi connectivity index (χ1n) is 6.53. The molecule has 4 rings (SSSR count). The summed E-state index contributed by atoms with van der Waals surface area (Å²) in [4.78, 5) is 6.15. The molecular weight excluding hydrogens is 284 g/mol. The normalized spacial score (nSPS) is 11.3. The van der Waals surface area contributed by atoms with Crippen LogP contribution in [0.4, 0.5) is 0 Å². The van der Waals surface area contributed by atoms with Gasteiger partial charge in [0.05, 0.1) is 5.69 Å². The molecule has 4 aromatic rings. The van der Waals surface area contributed by atoms with Crippen molar-refractivity contribution < 1.29 is 0 Å². The van der Waals surface area contributed by atoms with Crippen LogP contribution >= 0.6 is 11.3 Å². The SMILES string of the molecule is Cc1cccc2nc(Cn3nnc(-c4ccsc4)n3)cn12. The molecule has 0 aromatic carbocycles. The number of hydrogen-bond acceptors (Lipinski definition) is 5. The fourth-order valence-electron chi connectivity index (χ4n) is 2.24. The van der Waals surface area contributed by atoms with Crippen LogP contribution in [0, 0.1) is 6.92 Å². The van der Waals surface area contributed by atoms with E-state index < -0.39 is 0 Å². The van der Waals surface area contributed by atoms with Crippen molar-refractivity contribution in [3.63, 3.8) is 0 Å². The van der Waals surface area contributed by atoms with Gasteiger partial charge in [0.25, 0.3) is 0 Å². The van der Waals surface area contributed by atoms with Gasteiger partial charge in [0.1, 0.15) is 12.2 Å². The van der Waals surface area contributed by atoms with Gasteiger partial charge < -0.3 is 4.40 Å². The van der Waals surface area contributed by atoms with Crippen molar-refractivity contribution in [3.8, 4) is 11.4 Å². The van der Waals surface area contributed by atoms with E-state index >= 15 is 0 Å². The summed E-state index contributed by atoms with van der Waals surface area (Å²) in [6.45, 7) is 2.57. The Labute approximate surface area is 124 Å². The second-order valence-electron chi connectivity index (χ2n) is 4.78. The topological polar surface area (TPSA) is 60.9 Å². The number of hydrogen-bond donors (Lipinski definition) is 0. The second kappa shape index (κ2) is 4.78. The van der Waals surface area contributed by atoms with E-state index in [1.54, 1.807) is 16.1 Å². The van der Waals surface area contributed by atoms with Gasteiger partial charge in [-0.15, -0.1) is 10.2 Å². The third kappa shape index (κ3) is 2.21. The van der Waals surface area contributed by atoms with E-state index in [-0.39, 0.29) is 0 Å². The molecule has 0 radical (unpaired) electrons. The van der Waals surface area contributed by atoms with Gasteiger partial charge in [0, 0.05) is 22.8 Å². The highest BCUT2D eigenvalue weighted by molar-refractivity contribution is 7.08. The lowest BCUT2D eigenvalue weighted by Gasteiger charge is -1.96. The van der Waals surface area contributed by atoms with Crippen LogP contribution in [0.25, 0.3) is 17.0 Å².